The molecule has 10 aromatic rings. The van der Waals surface area contributed by atoms with Gasteiger partial charge in [0.05, 0.1) is 29.6 Å². The number of rotatable bonds is 23. The van der Waals surface area contributed by atoms with Crippen molar-refractivity contribution < 1.29 is 9.47 Å². The maximum atomic E-state index is 6.22. The van der Waals surface area contributed by atoms with Crippen LogP contribution in [0.25, 0.3) is 43.5 Å². The molecule has 0 fully saturated rings. The predicted octanol–water partition coefficient (Wildman–Crippen LogP) is 20.6. The summed E-state index contributed by atoms with van der Waals surface area (Å²) in [5.41, 5.74) is 14.2. The molecule has 0 saturated heterocycles. The molecule has 0 aliphatic heterocycles. The predicted molar refractivity (Wildman–Crippen MR) is 331 cm³/mol. The van der Waals surface area contributed by atoms with Gasteiger partial charge in [0.1, 0.15) is 10.0 Å². The van der Waals surface area contributed by atoms with Gasteiger partial charge in [0.2, 0.25) is 0 Å². The first-order valence-corrected chi connectivity index (χ1v) is 28.2. The van der Waals surface area contributed by atoms with Crippen molar-refractivity contribution in [2.24, 2.45) is 0 Å². The Kier molecular flexibility index (Phi) is 18.4. The Morgan fingerprint density at radius 1 is 0.382 bits per heavy atom. The van der Waals surface area contributed by atoms with Crippen molar-refractivity contribution in [3.05, 3.63) is 265 Å². The summed E-state index contributed by atoms with van der Waals surface area (Å²) in [5, 5.41) is 7.36. The Morgan fingerprint density at radius 3 is 1.05 bits per heavy atom. The highest BCUT2D eigenvalue weighted by atomic mass is 32.1. The van der Waals surface area contributed by atoms with Crippen LogP contribution in [0.2, 0.25) is 0 Å². The average molecular weight is 1030 g/mol. The summed E-state index contributed by atoms with van der Waals surface area (Å²) in [6.07, 6.45) is 9.98. The van der Waals surface area contributed by atoms with E-state index in [0.29, 0.717) is 26.4 Å². The number of ether oxygens (including phenoxy) is 2. The summed E-state index contributed by atoms with van der Waals surface area (Å²) >= 11 is 3.77. The molecule has 10 rings (SSSR count). The molecule has 0 aliphatic rings. The molecule has 6 heteroatoms. The van der Waals surface area contributed by atoms with Crippen LogP contribution in [0.15, 0.2) is 220 Å². The summed E-state index contributed by atoms with van der Waals surface area (Å²) in [4.78, 5) is 7.47. The smallest absolute Gasteiger partial charge is 0.109 e. The van der Waals surface area contributed by atoms with Crippen LogP contribution in [0.5, 0.6) is 0 Å². The summed E-state index contributed by atoms with van der Waals surface area (Å²) in [6, 6.07) is 71.2. The van der Waals surface area contributed by atoms with E-state index in [9.17, 15) is 0 Å². The summed E-state index contributed by atoms with van der Waals surface area (Å²) in [5.74, 6) is 0. The Hall–Kier alpha value is -7.58. The molecule has 0 saturated carbocycles. The number of nitrogens with zero attached hydrogens (tertiary/aromatic N) is 2. The Labute approximate surface area is 459 Å². The van der Waals surface area contributed by atoms with Gasteiger partial charge in [-0.25, -0.2) is 0 Å². The van der Waals surface area contributed by atoms with Gasteiger partial charge >= 0.3 is 0 Å². The molecule has 0 radical (unpaired) electrons. The van der Waals surface area contributed by atoms with Crippen molar-refractivity contribution in [2.75, 3.05) is 16.4 Å². The number of thiophene rings is 2. The quantitative estimate of drug-likeness (QED) is 0.0471. The fourth-order valence-corrected chi connectivity index (χ4v) is 12.5. The standard InChI is InChI=1S/C68H64N2O2S2.C2H4/c1-5-14-51-29-37-57(38-30-51)69(59-41-33-53(34-42-59)16-13-45-71-46-54-25-21-49(7-3)22-26-54)67-63-19-11-9-17-61(63)65(73-67)66-62-18-10-12-20-64(62)68(74-66)70(58-39-31-52(15-6-2)32-40-58)60-43-35-56(36-44-60)48-72-47-55-27-23-50(8-4)24-28-55;1-2/h7-12,17-44H,3-6,13-16,45-48H2,1-2H3;1-2H2. The molecular weight excluding hydrogens is 965 g/mol. The molecule has 8 aromatic carbocycles. The molecule has 0 atom stereocenters. The number of benzene rings is 8. The normalized spacial score (nSPS) is 11.1. The molecule has 0 N–H and O–H groups in total. The largest absolute Gasteiger partial charge is 0.377 e. The van der Waals surface area contributed by atoms with E-state index in [4.69, 9.17) is 9.47 Å². The van der Waals surface area contributed by atoms with Gasteiger partial charge in [0.25, 0.3) is 0 Å². The molecule has 76 heavy (non-hydrogen) atoms. The molecule has 0 spiro atoms. The molecule has 382 valence electrons. The van der Waals surface area contributed by atoms with Gasteiger partial charge in [0, 0.05) is 50.9 Å². The zero-order chi connectivity index (χ0) is 52.6. The molecular formula is C70H68N2O2S2. The lowest BCUT2D eigenvalue weighted by molar-refractivity contribution is 0.107. The first kappa shape index (κ1) is 53.3. The summed E-state index contributed by atoms with van der Waals surface area (Å²) in [6.45, 7) is 20.7. The van der Waals surface area contributed by atoms with Crippen molar-refractivity contribution in [1.82, 2.24) is 0 Å². The van der Waals surface area contributed by atoms with Crippen molar-refractivity contribution in [3.8, 4) is 9.75 Å². The van der Waals surface area contributed by atoms with Crippen molar-refractivity contribution in [3.63, 3.8) is 0 Å². The zero-order valence-corrected chi connectivity index (χ0v) is 45.7. The number of hydrogen-bond donors (Lipinski definition) is 0. The van der Waals surface area contributed by atoms with E-state index in [1.54, 1.807) is 0 Å². The van der Waals surface area contributed by atoms with Crippen LogP contribution in [0.1, 0.15) is 77.6 Å². The Morgan fingerprint density at radius 2 is 0.697 bits per heavy atom. The van der Waals surface area contributed by atoms with Crippen LogP contribution < -0.4 is 9.80 Å². The highest BCUT2D eigenvalue weighted by Crippen LogP contribution is 2.55. The van der Waals surface area contributed by atoms with Crippen LogP contribution in [0.4, 0.5) is 32.8 Å². The van der Waals surface area contributed by atoms with E-state index in [0.717, 1.165) is 83.5 Å². The number of aryl methyl sites for hydroxylation is 3. The first-order valence-electron chi connectivity index (χ1n) is 26.6. The molecule has 0 amide bonds. The molecule has 2 aromatic heterocycles. The number of anilines is 6. The monoisotopic (exact) mass is 1030 g/mol. The van der Waals surface area contributed by atoms with E-state index in [2.05, 4.69) is 244 Å². The van der Waals surface area contributed by atoms with Gasteiger partial charge in [-0.2, -0.15) is 0 Å². The number of fused-ring (bicyclic) bond motifs is 2. The molecule has 0 bridgehead atoms. The van der Waals surface area contributed by atoms with Gasteiger partial charge in [-0.1, -0.05) is 198 Å². The van der Waals surface area contributed by atoms with E-state index >= 15 is 0 Å². The minimum absolute atomic E-state index is 0.530. The highest BCUT2D eigenvalue weighted by molar-refractivity contribution is 7.28. The highest BCUT2D eigenvalue weighted by Gasteiger charge is 2.26. The zero-order valence-electron chi connectivity index (χ0n) is 44.1. The van der Waals surface area contributed by atoms with E-state index in [-0.39, 0.29) is 0 Å². The molecule has 0 unspecified atom stereocenters. The molecule has 2 heterocycles. The van der Waals surface area contributed by atoms with Gasteiger partial charge in [-0.3, -0.25) is 0 Å². The maximum absolute atomic E-state index is 6.22. The van der Waals surface area contributed by atoms with Crippen LogP contribution in [-0.4, -0.2) is 6.61 Å². The van der Waals surface area contributed by atoms with Crippen LogP contribution in [0, 0.1) is 0 Å². The fraction of sp³-hybridized carbons (Fsp3) is 0.171. The lowest BCUT2D eigenvalue weighted by Crippen LogP contribution is -2.09. The van der Waals surface area contributed by atoms with Crippen LogP contribution in [0.3, 0.4) is 0 Å². The van der Waals surface area contributed by atoms with Gasteiger partial charge in [-0.05, 0) is 119 Å². The minimum Gasteiger partial charge on any atom is -0.377 e. The van der Waals surface area contributed by atoms with E-state index in [1.165, 1.54) is 63.6 Å². The third-order valence-corrected chi connectivity index (χ3v) is 16.2. The number of hydrogen-bond acceptors (Lipinski definition) is 6. The summed E-state index contributed by atoms with van der Waals surface area (Å²) < 4.78 is 12.3. The Balaban J connectivity index is 0.00000349. The minimum atomic E-state index is 0.530. The SMILES string of the molecule is C=C.C=Cc1ccc(COCCCc2ccc(N(c3ccc(CCC)cc3)c3sc(-c4sc(N(c5ccc(CCC)cc5)c5ccc(COCc6ccc(C=C)cc6)cc5)c5ccccc45)c4ccccc34)cc2)cc1. The lowest BCUT2D eigenvalue weighted by Gasteiger charge is -2.25. The second-order valence-corrected chi connectivity index (χ2v) is 20.9. The van der Waals surface area contributed by atoms with Crippen molar-refractivity contribution in [2.45, 2.75) is 72.2 Å². The van der Waals surface area contributed by atoms with E-state index in [1.807, 2.05) is 34.8 Å². The van der Waals surface area contributed by atoms with Gasteiger partial charge < -0.3 is 19.3 Å². The second kappa shape index (κ2) is 26.3. The van der Waals surface area contributed by atoms with Gasteiger partial charge in [0.15, 0.2) is 0 Å². The third kappa shape index (κ3) is 12.6. The first-order chi connectivity index (χ1) is 37.5. The third-order valence-electron chi connectivity index (χ3n) is 13.7. The molecule has 0 aliphatic carbocycles. The topological polar surface area (TPSA) is 24.9 Å². The summed E-state index contributed by atoms with van der Waals surface area (Å²) in [7, 11) is 0. The molecule has 4 nitrogen and oxygen atoms in total. The van der Waals surface area contributed by atoms with Gasteiger partial charge in [-0.15, -0.1) is 35.8 Å². The average Bonchev–Trinajstić information content (AvgIpc) is 4.06. The van der Waals surface area contributed by atoms with Crippen LogP contribution in [-0.2, 0) is 48.6 Å². The Bertz CT molecular complexity index is 3440. The van der Waals surface area contributed by atoms with Crippen molar-refractivity contribution in [1.29, 1.82) is 0 Å². The fourth-order valence-electron chi connectivity index (χ4n) is 9.69. The van der Waals surface area contributed by atoms with Crippen LogP contribution >= 0.6 is 22.7 Å². The second-order valence-electron chi connectivity index (χ2n) is 18.9. The maximum Gasteiger partial charge on any atom is 0.109 e. The lowest BCUT2D eigenvalue weighted by atomic mass is 10.1. The van der Waals surface area contributed by atoms with Crippen molar-refractivity contribution >= 4 is 89.1 Å². The van der Waals surface area contributed by atoms with E-state index < -0.39 is 0 Å².